The predicted octanol–water partition coefficient (Wildman–Crippen LogP) is 2.34. The molecule has 0 unspecified atom stereocenters. The fourth-order valence-electron chi connectivity index (χ4n) is 3.97. The van der Waals surface area contributed by atoms with Crippen LogP contribution < -0.4 is 10.0 Å². The number of nitrogens with one attached hydrogen (secondary N) is 2. The molecular weight excluding hydrogens is 454 g/mol. The maximum atomic E-state index is 12.1. The van der Waals surface area contributed by atoms with Gasteiger partial charge in [0.05, 0.1) is 23.5 Å². The van der Waals surface area contributed by atoms with Gasteiger partial charge in [0.15, 0.2) is 5.65 Å². The van der Waals surface area contributed by atoms with Crippen molar-refractivity contribution in [1.29, 1.82) is 0 Å². The zero-order valence-electron chi connectivity index (χ0n) is 19.8. The number of aromatic nitrogens is 4. The molecule has 0 aliphatic carbocycles. The summed E-state index contributed by atoms with van der Waals surface area (Å²) in [5, 5.41) is 9.01. The second kappa shape index (κ2) is 11.2. The third kappa shape index (κ3) is 5.72. The van der Waals surface area contributed by atoms with Crippen LogP contribution in [0.5, 0.6) is 0 Å². The summed E-state index contributed by atoms with van der Waals surface area (Å²) in [5.74, 6) is 0.595. The van der Waals surface area contributed by atoms with E-state index < -0.39 is 10.0 Å². The Morgan fingerprint density at radius 3 is 2.56 bits per heavy atom. The smallest absolute Gasteiger partial charge is 0.240 e. The van der Waals surface area contributed by atoms with Gasteiger partial charge in [-0.25, -0.2) is 22.8 Å². The summed E-state index contributed by atoms with van der Waals surface area (Å²) in [7, 11) is -2.09. The van der Waals surface area contributed by atoms with Gasteiger partial charge in [0.25, 0.3) is 0 Å². The Labute approximate surface area is 200 Å². The fraction of sp³-hybridized carbons (Fsp3) is 0.522. The Hall–Kier alpha value is -2.60. The van der Waals surface area contributed by atoms with E-state index in [4.69, 9.17) is 14.8 Å². The van der Waals surface area contributed by atoms with Crippen LogP contribution in [-0.4, -0.2) is 79.5 Å². The lowest BCUT2D eigenvalue weighted by molar-refractivity contribution is 0.0368. The highest BCUT2D eigenvalue weighted by atomic mass is 32.2. The molecule has 0 amide bonds. The molecule has 34 heavy (non-hydrogen) atoms. The number of morpholine rings is 1. The topological polar surface area (TPSA) is 114 Å². The molecule has 0 saturated carbocycles. The molecule has 10 nitrogen and oxygen atoms in total. The molecule has 184 valence electrons. The van der Waals surface area contributed by atoms with Crippen LogP contribution in [0.2, 0.25) is 0 Å². The SMILES string of the molecule is CCCCNc1ncc2c(-c3ccc(S(=O)(=O)NC)cc3)nn(CCCN3CCOCC3)c2n1. The number of nitrogens with zero attached hydrogens (tertiary/aromatic N) is 5. The van der Waals surface area contributed by atoms with Gasteiger partial charge in [-0.3, -0.25) is 4.90 Å². The van der Waals surface area contributed by atoms with Gasteiger partial charge in [-0.1, -0.05) is 25.5 Å². The maximum absolute atomic E-state index is 12.1. The maximum Gasteiger partial charge on any atom is 0.240 e. The summed E-state index contributed by atoms with van der Waals surface area (Å²) < 4.78 is 33.9. The number of hydrogen-bond donors (Lipinski definition) is 2. The first kappa shape index (κ1) is 24.5. The van der Waals surface area contributed by atoms with E-state index in [0.717, 1.165) is 87.5 Å². The van der Waals surface area contributed by atoms with Gasteiger partial charge in [-0.05, 0) is 32.0 Å². The van der Waals surface area contributed by atoms with E-state index in [0.29, 0.717) is 5.95 Å². The molecule has 3 heterocycles. The first-order chi connectivity index (χ1) is 16.5. The van der Waals surface area contributed by atoms with Gasteiger partial charge in [-0.2, -0.15) is 10.1 Å². The quantitative estimate of drug-likeness (QED) is 0.396. The zero-order valence-corrected chi connectivity index (χ0v) is 20.6. The number of rotatable bonds is 11. The molecule has 1 aliphatic heterocycles. The van der Waals surface area contributed by atoms with Crippen molar-refractivity contribution in [1.82, 2.24) is 29.4 Å². The molecule has 1 fully saturated rings. The zero-order chi connectivity index (χ0) is 24.0. The van der Waals surface area contributed by atoms with Crippen LogP contribution in [-0.2, 0) is 21.3 Å². The number of anilines is 1. The van der Waals surface area contributed by atoms with Gasteiger partial charge in [-0.15, -0.1) is 0 Å². The van der Waals surface area contributed by atoms with Crippen molar-refractivity contribution in [3.63, 3.8) is 0 Å². The molecule has 3 aromatic rings. The Morgan fingerprint density at radius 2 is 1.85 bits per heavy atom. The minimum atomic E-state index is -3.50. The number of benzene rings is 1. The Bertz CT molecular complexity index is 1190. The van der Waals surface area contributed by atoms with Crippen molar-refractivity contribution in [3.05, 3.63) is 30.5 Å². The van der Waals surface area contributed by atoms with Crippen molar-refractivity contribution in [2.45, 2.75) is 37.6 Å². The molecule has 0 atom stereocenters. The van der Waals surface area contributed by atoms with Gasteiger partial charge >= 0.3 is 0 Å². The highest BCUT2D eigenvalue weighted by molar-refractivity contribution is 7.89. The molecule has 0 spiro atoms. The molecule has 1 saturated heterocycles. The van der Waals surface area contributed by atoms with Crippen LogP contribution in [0.1, 0.15) is 26.2 Å². The highest BCUT2D eigenvalue weighted by Gasteiger charge is 2.18. The monoisotopic (exact) mass is 487 g/mol. The van der Waals surface area contributed by atoms with Crippen molar-refractivity contribution < 1.29 is 13.2 Å². The predicted molar refractivity (Wildman–Crippen MR) is 132 cm³/mol. The summed E-state index contributed by atoms with van der Waals surface area (Å²) in [4.78, 5) is 11.9. The lowest BCUT2D eigenvalue weighted by atomic mass is 10.1. The molecule has 2 aromatic heterocycles. The number of aryl methyl sites for hydroxylation is 1. The van der Waals surface area contributed by atoms with E-state index in [1.165, 1.54) is 7.05 Å². The fourth-order valence-corrected chi connectivity index (χ4v) is 4.70. The van der Waals surface area contributed by atoms with Gasteiger partial charge in [0, 0.05) is 44.5 Å². The molecule has 0 radical (unpaired) electrons. The summed E-state index contributed by atoms with van der Waals surface area (Å²) in [6.45, 7) is 8.16. The molecule has 0 bridgehead atoms. The van der Waals surface area contributed by atoms with Gasteiger partial charge in [0.2, 0.25) is 16.0 Å². The molecular formula is C23H33N7O3S. The molecule has 11 heteroatoms. The normalized spacial score (nSPS) is 15.1. The Kier molecular flexibility index (Phi) is 8.09. The van der Waals surface area contributed by atoms with E-state index in [2.05, 4.69) is 26.8 Å². The molecule has 1 aliphatic rings. The summed E-state index contributed by atoms with van der Waals surface area (Å²) >= 11 is 0. The highest BCUT2D eigenvalue weighted by Crippen LogP contribution is 2.28. The van der Waals surface area contributed by atoms with Crippen molar-refractivity contribution in [2.24, 2.45) is 0 Å². The standard InChI is InChI=1S/C23H33N7O3S/c1-3-4-10-25-23-26-17-20-21(18-6-8-19(9-7-18)34(31,32)24-2)28-30(22(20)27-23)12-5-11-29-13-15-33-16-14-29/h6-9,17,24H,3-5,10-16H2,1-2H3,(H,25,26,27). The lowest BCUT2D eigenvalue weighted by Gasteiger charge is -2.26. The third-order valence-corrected chi connectivity index (χ3v) is 7.39. The third-order valence-electron chi connectivity index (χ3n) is 5.96. The van der Waals surface area contributed by atoms with Crippen LogP contribution in [0.3, 0.4) is 0 Å². The van der Waals surface area contributed by atoms with Gasteiger partial charge < -0.3 is 10.1 Å². The van der Waals surface area contributed by atoms with Crippen LogP contribution >= 0.6 is 0 Å². The second-order valence-corrected chi connectivity index (χ2v) is 10.2. The average molecular weight is 488 g/mol. The molecule has 2 N–H and O–H groups in total. The number of hydrogen-bond acceptors (Lipinski definition) is 8. The number of fused-ring (bicyclic) bond motifs is 1. The van der Waals surface area contributed by atoms with E-state index in [-0.39, 0.29) is 4.90 Å². The Balaban J connectivity index is 1.61. The number of sulfonamides is 1. The minimum Gasteiger partial charge on any atom is -0.379 e. The van der Waals surface area contributed by atoms with E-state index in [1.807, 2.05) is 4.68 Å². The first-order valence-electron chi connectivity index (χ1n) is 11.8. The van der Waals surface area contributed by atoms with E-state index in [9.17, 15) is 8.42 Å². The molecule has 4 rings (SSSR count). The lowest BCUT2D eigenvalue weighted by Crippen LogP contribution is -2.37. The molecule has 1 aromatic carbocycles. The number of ether oxygens (including phenoxy) is 1. The van der Waals surface area contributed by atoms with Crippen LogP contribution in [0.25, 0.3) is 22.3 Å². The van der Waals surface area contributed by atoms with Gasteiger partial charge in [0.1, 0.15) is 5.69 Å². The van der Waals surface area contributed by atoms with E-state index in [1.54, 1.807) is 30.5 Å². The summed E-state index contributed by atoms with van der Waals surface area (Å²) in [6.07, 6.45) is 4.89. The van der Waals surface area contributed by atoms with Crippen LogP contribution in [0.15, 0.2) is 35.4 Å². The summed E-state index contributed by atoms with van der Waals surface area (Å²) in [5.41, 5.74) is 2.34. The van der Waals surface area contributed by atoms with Crippen LogP contribution in [0.4, 0.5) is 5.95 Å². The summed E-state index contributed by atoms with van der Waals surface area (Å²) in [6, 6.07) is 6.73. The first-order valence-corrected chi connectivity index (χ1v) is 13.3. The van der Waals surface area contributed by atoms with Crippen molar-refractivity contribution in [2.75, 3.05) is 51.8 Å². The average Bonchev–Trinajstić information content (AvgIpc) is 3.23. The minimum absolute atomic E-state index is 0.214. The second-order valence-electron chi connectivity index (χ2n) is 8.32. The Morgan fingerprint density at radius 1 is 1.09 bits per heavy atom. The largest absolute Gasteiger partial charge is 0.379 e. The van der Waals surface area contributed by atoms with Crippen LogP contribution in [0, 0.1) is 0 Å². The van der Waals surface area contributed by atoms with E-state index >= 15 is 0 Å². The number of unbranched alkanes of at least 4 members (excludes halogenated alkanes) is 1. The van der Waals surface area contributed by atoms with Crippen molar-refractivity contribution >= 4 is 27.0 Å². The van der Waals surface area contributed by atoms with Crippen molar-refractivity contribution in [3.8, 4) is 11.3 Å².